The highest BCUT2D eigenvalue weighted by molar-refractivity contribution is 5.69. The van der Waals surface area contributed by atoms with Crippen LogP contribution in [0.3, 0.4) is 0 Å². The lowest BCUT2D eigenvalue weighted by Gasteiger charge is -2.26. The standard InChI is InChI=1S/C16H25N3O3/c1-10-7-13(9-19(10)15(20)22-16(4,5)6)21-14-8-17-11(2)12(3)18-14/h8,10,13H,7,9H2,1-6H3/t10-,13+/m0/s1. The van der Waals surface area contributed by atoms with Crippen LogP contribution in [0.1, 0.15) is 45.5 Å². The summed E-state index contributed by atoms with van der Waals surface area (Å²) in [6.45, 7) is 11.9. The number of amides is 1. The summed E-state index contributed by atoms with van der Waals surface area (Å²) in [5.41, 5.74) is 1.25. The fourth-order valence-electron chi connectivity index (χ4n) is 2.39. The smallest absolute Gasteiger partial charge is 0.410 e. The highest BCUT2D eigenvalue weighted by atomic mass is 16.6. The number of hydrogen-bond donors (Lipinski definition) is 0. The monoisotopic (exact) mass is 307 g/mol. The predicted molar refractivity (Wildman–Crippen MR) is 82.9 cm³/mol. The predicted octanol–water partition coefficient (Wildman–Crippen LogP) is 2.87. The summed E-state index contributed by atoms with van der Waals surface area (Å²) in [6, 6.07) is 0.0827. The van der Waals surface area contributed by atoms with Gasteiger partial charge in [-0.1, -0.05) is 0 Å². The van der Waals surface area contributed by atoms with E-state index in [1.54, 1.807) is 11.1 Å². The topological polar surface area (TPSA) is 64.5 Å². The van der Waals surface area contributed by atoms with Gasteiger partial charge < -0.3 is 14.4 Å². The number of aromatic nitrogens is 2. The molecule has 1 aliphatic heterocycles. The number of carbonyl (C=O) groups is 1. The summed E-state index contributed by atoms with van der Waals surface area (Å²) in [4.78, 5) is 22.5. The van der Waals surface area contributed by atoms with Crippen molar-refractivity contribution < 1.29 is 14.3 Å². The molecule has 0 aromatic carbocycles. The summed E-state index contributed by atoms with van der Waals surface area (Å²) in [5, 5.41) is 0. The van der Waals surface area contributed by atoms with Crippen LogP contribution in [-0.4, -0.2) is 45.3 Å². The van der Waals surface area contributed by atoms with Gasteiger partial charge in [-0.3, -0.25) is 4.98 Å². The third kappa shape index (κ3) is 4.08. The van der Waals surface area contributed by atoms with Crippen LogP contribution >= 0.6 is 0 Å². The van der Waals surface area contributed by atoms with Crippen molar-refractivity contribution >= 4 is 6.09 Å². The van der Waals surface area contributed by atoms with E-state index in [2.05, 4.69) is 9.97 Å². The minimum Gasteiger partial charge on any atom is -0.471 e. The normalized spacial score (nSPS) is 21.8. The number of likely N-dealkylation sites (tertiary alicyclic amines) is 1. The van der Waals surface area contributed by atoms with Crippen molar-refractivity contribution in [2.75, 3.05) is 6.54 Å². The van der Waals surface area contributed by atoms with E-state index >= 15 is 0 Å². The molecule has 2 rings (SSSR count). The van der Waals surface area contributed by atoms with Crippen molar-refractivity contribution in [2.24, 2.45) is 0 Å². The summed E-state index contributed by atoms with van der Waals surface area (Å²) in [7, 11) is 0. The van der Waals surface area contributed by atoms with Gasteiger partial charge in [0, 0.05) is 12.5 Å². The van der Waals surface area contributed by atoms with E-state index in [0.29, 0.717) is 12.4 Å². The molecular formula is C16H25N3O3. The Labute approximate surface area is 131 Å². The van der Waals surface area contributed by atoms with E-state index in [4.69, 9.17) is 9.47 Å². The molecule has 122 valence electrons. The van der Waals surface area contributed by atoms with E-state index in [1.807, 2.05) is 41.5 Å². The second-order valence-electron chi connectivity index (χ2n) is 6.84. The molecule has 0 aliphatic carbocycles. The van der Waals surface area contributed by atoms with Gasteiger partial charge in [0.2, 0.25) is 5.88 Å². The van der Waals surface area contributed by atoms with E-state index in [9.17, 15) is 4.79 Å². The van der Waals surface area contributed by atoms with Crippen molar-refractivity contribution in [1.82, 2.24) is 14.9 Å². The summed E-state index contributed by atoms with van der Waals surface area (Å²) in [5.74, 6) is 0.506. The summed E-state index contributed by atoms with van der Waals surface area (Å²) < 4.78 is 11.3. The molecule has 1 saturated heterocycles. The molecule has 1 aromatic rings. The number of ether oxygens (including phenoxy) is 2. The second-order valence-corrected chi connectivity index (χ2v) is 6.84. The van der Waals surface area contributed by atoms with Gasteiger partial charge in [-0.15, -0.1) is 0 Å². The zero-order valence-corrected chi connectivity index (χ0v) is 14.2. The SMILES string of the molecule is Cc1ncc(O[C@@H]2C[C@H](C)N(C(=O)OC(C)(C)C)C2)nc1C. The molecule has 6 nitrogen and oxygen atoms in total. The van der Waals surface area contributed by atoms with Crippen LogP contribution in [0.25, 0.3) is 0 Å². The van der Waals surface area contributed by atoms with Crippen molar-refractivity contribution in [3.63, 3.8) is 0 Å². The zero-order valence-electron chi connectivity index (χ0n) is 14.2. The van der Waals surface area contributed by atoms with Crippen molar-refractivity contribution in [2.45, 2.75) is 65.7 Å². The van der Waals surface area contributed by atoms with Gasteiger partial charge in [-0.05, 0) is 41.5 Å². The Morgan fingerprint density at radius 3 is 2.59 bits per heavy atom. The van der Waals surface area contributed by atoms with Gasteiger partial charge >= 0.3 is 6.09 Å². The van der Waals surface area contributed by atoms with E-state index in [-0.39, 0.29) is 18.2 Å². The molecule has 1 amide bonds. The first kappa shape index (κ1) is 16.5. The fourth-order valence-corrected chi connectivity index (χ4v) is 2.39. The molecule has 0 radical (unpaired) electrons. The van der Waals surface area contributed by atoms with Crippen LogP contribution in [0.15, 0.2) is 6.20 Å². The van der Waals surface area contributed by atoms with E-state index in [1.165, 1.54) is 0 Å². The molecule has 0 N–H and O–H groups in total. The average molecular weight is 307 g/mol. The maximum Gasteiger partial charge on any atom is 0.410 e. The molecule has 1 aliphatic rings. The Hall–Kier alpha value is -1.85. The third-order valence-corrected chi connectivity index (χ3v) is 3.62. The Balaban J connectivity index is 1.98. The van der Waals surface area contributed by atoms with E-state index in [0.717, 1.165) is 17.8 Å². The maximum absolute atomic E-state index is 12.2. The molecule has 1 fully saturated rings. The molecule has 1 aromatic heterocycles. The Bertz CT molecular complexity index is 554. The number of aryl methyl sites for hydroxylation is 2. The van der Waals surface area contributed by atoms with Crippen molar-refractivity contribution in [1.29, 1.82) is 0 Å². The second kappa shape index (κ2) is 6.10. The van der Waals surface area contributed by atoms with Crippen molar-refractivity contribution in [3.05, 3.63) is 17.6 Å². The minimum absolute atomic E-state index is 0.0827. The molecule has 0 saturated carbocycles. The minimum atomic E-state index is -0.491. The van der Waals surface area contributed by atoms with E-state index < -0.39 is 5.60 Å². The lowest BCUT2D eigenvalue weighted by molar-refractivity contribution is 0.0223. The first-order valence-corrected chi connectivity index (χ1v) is 7.62. The highest BCUT2D eigenvalue weighted by Gasteiger charge is 2.36. The molecule has 22 heavy (non-hydrogen) atoms. The van der Waals surface area contributed by atoms with Gasteiger partial charge in [-0.2, -0.15) is 0 Å². The number of hydrogen-bond acceptors (Lipinski definition) is 5. The van der Waals surface area contributed by atoms with Crippen LogP contribution in [0.4, 0.5) is 4.79 Å². The lowest BCUT2D eigenvalue weighted by atomic mass is 10.2. The van der Waals surface area contributed by atoms with Crippen LogP contribution in [0.5, 0.6) is 5.88 Å². The third-order valence-electron chi connectivity index (χ3n) is 3.62. The molecule has 0 spiro atoms. The summed E-state index contributed by atoms with van der Waals surface area (Å²) >= 11 is 0. The highest BCUT2D eigenvalue weighted by Crippen LogP contribution is 2.24. The van der Waals surface area contributed by atoms with Gasteiger partial charge in [0.25, 0.3) is 0 Å². The van der Waals surface area contributed by atoms with Gasteiger partial charge in [0.1, 0.15) is 11.7 Å². The summed E-state index contributed by atoms with van der Waals surface area (Å²) in [6.07, 6.45) is 2.01. The Kier molecular flexibility index (Phi) is 4.58. The molecule has 0 unspecified atom stereocenters. The van der Waals surface area contributed by atoms with Gasteiger partial charge in [-0.25, -0.2) is 9.78 Å². The van der Waals surface area contributed by atoms with Gasteiger partial charge in [0.15, 0.2) is 0 Å². The van der Waals surface area contributed by atoms with Crippen LogP contribution in [0.2, 0.25) is 0 Å². The van der Waals surface area contributed by atoms with Gasteiger partial charge in [0.05, 0.1) is 24.1 Å². The zero-order chi connectivity index (χ0) is 16.5. The maximum atomic E-state index is 12.2. The molecule has 2 heterocycles. The fraction of sp³-hybridized carbons (Fsp3) is 0.688. The lowest BCUT2D eigenvalue weighted by Crippen LogP contribution is -2.39. The largest absolute Gasteiger partial charge is 0.471 e. The molecule has 0 bridgehead atoms. The number of rotatable bonds is 2. The molecule has 2 atom stereocenters. The Morgan fingerprint density at radius 2 is 2.00 bits per heavy atom. The molecule has 6 heteroatoms. The first-order valence-electron chi connectivity index (χ1n) is 7.62. The van der Waals surface area contributed by atoms with Crippen LogP contribution < -0.4 is 4.74 Å². The number of carbonyl (C=O) groups excluding carboxylic acids is 1. The quantitative estimate of drug-likeness (QED) is 0.840. The first-order chi connectivity index (χ1) is 10.2. The van der Waals surface area contributed by atoms with Crippen molar-refractivity contribution in [3.8, 4) is 5.88 Å². The average Bonchev–Trinajstić information content (AvgIpc) is 2.73. The number of nitrogens with zero attached hydrogens (tertiary/aromatic N) is 3. The Morgan fingerprint density at radius 1 is 1.32 bits per heavy atom. The van der Waals surface area contributed by atoms with Crippen LogP contribution in [-0.2, 0) is 4.74 Å². The molecular weight excluding hydrogens is 282 g/mol. The van der Waals surface area contributed by atoms with Crippen LogP contribution in [0, 0.1) is 13.8 Å².